The van der Waals surface area contributed by atoms with Crippen LogP contribution in [-0.4, -0.2) is 50.0 Å². The number of fused-ring (bicyclic) bond motifs is 1. The van der Waals surface area contributed by atoms with Gasteiger partial charge in [0.25, 0.3) is 0 Å². The standard InChI is InChI=1S/C25H23N5O5/c1-2-18-19(34-24(31)15-9-5-3-6-10-15)20(35-25(32)16-11-7-4-8-12-16)23(33-18)30-22-17(13-29-30)21(26)27-14-28-22/h3-14,18-20,23H,2H2,1H3,(H2,26,27,28)/t18-,19+,20?,23-/m1/s1. The van der Waals surface area contributed by atoms with E-state index in [9.17, 15) is 9.59 Å². The Morgan fingerprint density at radius 1 is 0.943 bits per heavy atom. The summed E-state index contributed by atoms with van der Waals surface area (Å²) in [5.41, 5.74) is 7.12. The Morgan fingerprint density at radius 3 is 2.14 bits per heavy atom. The zero-order chi connectivity index (χ0) is 24.4. The molecule has 2 aromatic carbocycles. The fourth-order valence-corrected chi connectivity index (χ4v) is 4.10. The van der Waals surface area contributed by atoms with Crippen LogP contribution in [-0.2, 0) is 14.2 Å². The Kier molecular flexibility index (Phi) is 6.11. The number of nitrogen functional groups attached to an aromatic ring is 1. The largest absolute Gasteiger partial charge is 0.452 e. The molecule has 1 aliphatic rings. The molecule has 0 radical (unpaired) electrons. The molecular formula is C25H23N5O5. The number of esters is 2. The van der Waals surface area contributed by atoms with Crippen LogP contribution in [0.2, 0.25) is 0 Å². The van der Waals surface area contributed by atoms with Gasteiger partial charge in [-0.1, -0.05) is 43.3 Å². The highest BCUT2D eigenvalue weighted by atomic mass is 16.6. The number of ether oxygens (including phenoxy) is 3. The van der Waals surface area contributed by atoms with E-state index in [2.05, 4.69) is 15.1 Å². The van der Waals surface area contributed by atoms with E-state index in [-0.39, 0.29) is 5.82 Å². The molecule has 0 aliphatic carbocycles. The molecule has 2 N–H and O–H groups in total. The third kappa shape index (κ3) is 4.31. The average Bonchev–Trinajstić information content (AvgIpc) is 3.47. The first kappa shape index (κ1) is 22.5. The number of carbonyl (C=O) groups is 2. The van der Waals surface area contributed by atoms with Gasteiger partial charge >= 0.3 is 11.9 Å². The predicted molar refractivity (Wildman–Crippen MR) is 125 cm³/mol. The predicted octanol–water partition coefficient (Wildman–Crippen LogP) is 3.17. The number of aromatic nitrogens is 4. The van der Waals surface area contributed by atoms with Crippen LogP contribution in [0.3, 0.4) is 0 Å². The number of hydrogen-bond donors (Lipinski definition) is 1. The lowest BCUT2D eigenvalue weighted by Crippen LogP contribution is -2.39. The molecule has 1 saturated heterocycles. The first-order chi connectivity index (χ1) is 17.1. The molecule has 4 aromatic rings. The van der Waals surface area contributed by atoms with E-state index in [1.165, 1.54) is 17.2 Å². The van der Waals surface area contributed by atoms with Crippen molar-refractivity contribution in [3.8, 4) is 0 Å². The molecule has 5 rings (SSSR count). The lowest BCUT2D eigenvalue weighted by Gasteiger charge is -2.24. The summed E-state index contributed by atoms with van der Waals surface area (Å²) in [6.07, 6.45) is -0.0103. The van der Waals surface area contributed by atoms with Crippen LogP contribution in [0.25, 0.3) is 11.0 Å². The monoisotopic (exact) mass is 473 g/mol. The van der Waals surface area contributed by atoms with Crippen LogP contribution in [0, 0.1) is 0 Å². The van der Waals surface area contributed by atoms with Crippen LogP contribution in [0.15, 0.2) is 73.2 Å². The van der Waals surface area contributed by atoms with Crippen LogP contribution < -0.4 is 5.73 Å². The van der Waals surface area contributed by atoms with E-state index >= 15 is 0 Å². The lowest BCUT2D eigenvalue weighted by molar-refractivity contribution is -0.0542. The van der Waals surface area contributed by atoms with Gasteiger partial charge in [0.2, 0.25) is 0 Å². The van der Waals surface area contributed by atoms with Crippen molar-refractivity contribution in [2.24, 2.45) is 0 Å². The summed E-state index contributed by atoms with van der Waals surface area (Å²) in [6.45, 7) is 1.90. The maximum absolute atomic E-state index is 13.0. The van der Waals surface area contributed by atoms with E-state index in [1.807, 2.05) is 6.92 Å². The molecule has 0 amide bonds. The van der Waals surface area contributed by atoms with Crippen molar-refractivity contribution in [1.82, 2.24) is 19.7 Å². The molecule has 3 heterocycles. The third-order valence-corrected chi connectivity index (χ3v) is 5.86. The maximum atomic E-state index is 13.0. The molecular weight excluding hydrogens is 450 g/mol. The zero-order valence-corrected chi connectivity index (χ0v) is 18.9. The van der Waals surface area contributed by atoms with Crippen molar-refractivity contribution in [3.05, 3.63) is 84.3 Å². The third-order valence-electron chi connectivity index (χ3n) is 5.86. The molecule has 2 aromatic heterocycles. The Hall–Kier alpha value is -4.31. The lowest BCUT2D eigenvalue weighted by atomic mass is 10.1. The van der Waals surface area contributed by atoms with Crippen molar-refractivity contribution in [2.75, 3.05) is 5.73 Å². The minimum absolute atomic E-state index is 0.260. The molecule has 10 heteroatoms. The molecule has 1 fully saturated rings. The summed E-state index contributed by atoms with van der Waals surface area (Å²) < 4.78 is 19.5. The number of nitrogens with zero attached hydrogens (tertiary/aromatic N) is 4. The molecule has 0 spiro atoms. The zero-order valence-electron chi connectivity index (χ0n) is 18.9. The summed E-state index contributed by atoms with van der Waals surface area (Å²) in [4.78, 5) is 34.2. The Bertz CT molecular complexity index is 1340. The van der Waals surface area contributed by atoms with Crippen molar-refractivity contribution in [2.45, 2.75) is 37.9 Å². The molecule has 0 saturated carbocycles. The average molecular weight is 473 g/mol. The van der Waals surface area contributed by atoms with Gasteiger partial charge in [-0.3, -0.25) is 0 Å². The molecule has 4 atom stereocenters. The molecule has 1 aliphatic heterocycles. The highest BCUT2D eigenvalue weighted by Gasteiger charge is 2.51. The highest BCUT2D eigenvalue weighted by molar-refractivity contribution is 5.90. The van der Waals surface area contributed by atoms with E-state index in [4.69, 9.17) is 19.9 Å². The highest BCUT2D eigenvalue weighted by Crippen LogP contribution is 2.37. The number of nitrogens with two attached hydrogens (primary N) is 1. The van der Waals surface area contributed by atoms with Crippen molar-refractivity contribution in [3.63, 3.8) is 0 Å². The molecule has 10 nitrogen and oxygen atoms in total. The summed E-state index contributed by atoms with van der Waals surface area (Å²) in [6, 6.07) is 17.2. The van der Waals surface area contributed by atoms with Gasteiger partial charge in [0, 0.05) is 0 Å². The fraction of sp³-hybridized carbons (Fsp3) is 0.240. The maximum Gasteiger partial charge on any atom is 0.338 e. The summed E-state index contributed by atoms with van der Waals surface area (Å²) in [7, 11) is 0. The number of benzene rings is 2. The second-order valence-electron chi connectivity index (χ2n) is 8.03. The number of hydrogen-bond acceptors (Lipinski definition) is 9. The summed E-state index contributed by atoms with van der Waals surface area (Å²) in [5, 5.41) is 4.92. The minimum atomic E-state index is -1.00. The first-order valence-corrected chi connectivity index (χ1v) is 11.2. The summed E-state index contributed by atoms with van der Waals surface area (Å²) >= 11 is 0. The van der Waals surface area contributed by atoms with Gasteiger partial charge in [0.05, 0.1) is 22.7 Å². The Balaban J connectivity index is 1.52. The van der Waals surface area contributed by atoms with E-state index in [1.54, 1.807) is 60.7 Å². The fourth-order valence-electron chi connectivity index (χ4n) is 4.10. The van der Waals surface area contributed by atoms with E-state index < -0.39 is 36.5 Å². The van der Waals surface area contributed by atoms with Crippen LogP contribution >= 0.6 is 0 Å². The topological polar surface area (TPSA) is 131 Å². The van der Waals surface area contributed by atoms with Crippen molar-refractivity contribution in [1.29, 1.82) is 0 Å². The second kappa shape index (κ2) is 9.51. The minimum Gasteiger partial charge on any atom is -0.452 e. The van der Waals surface area contributed by atoms with Gasteiger partial charge < -0.3 is 19.9 Å². The number of carbonyl (C=O) groups excluding carboxylic acids is 2. The SMILES string of the molecule is CC[C@H]1O[C@@H](n2ncc3c(N)ncnc32)C(OC(=O)c2ccccc2)[C@H]1OC(=O)c1ccccc1. The molecule has 0 bridgehead atoms. The van der Waals surface area contributed by atoms with Gasteiger partial charge in [-0.05, 0) is 30.7 Å². The smallest absolute Gasteiger partial charge is 0.338 e. The number of rotatable bonds is 6. The molecule has 178 valence electrons. The van der Waals surface area contributed by atoms with Crippen LogP contribution in [0.4, 0.5) is 5.82 Å². The normalized spacial score (nSPS) is 21.6. The van der Waals surface area contributed by atoms with Gasteiger partial charge in [0.1, 0.15) is 18.2 Å². The van der Waals surface area contributed by atoms with Crippen LogP contribution in [0.5, 0.6) is 0 Å². The van der Waals surface area contributed by atoms with Crippen molar-refractivity contribution < 1.29 is 23.8 Å². The quantitative estimate of drug-likeness (QED) is 0.419. The van der Waals surface area contributed by atoms with Gasteiger partial charge in [0.15, 0.2) is 24.1 Å². The Morgan fingerprint density at radius 2 is 1.54 bits per heavy atom. The van der Waals surface area contributed by atoms with Gasteiger partial charge in [-0.15, -0.1) is 0 Å². The van der Waals surface area contributed by atoms with Gasteiger partial charge in [-0.25, -0.2) is 24.2 Å². The first-order valence-electron chi connectivity index (χ1n) is 11.2. The van der Waals surface area contributed by atoms with Crippen LogP contribution in [0.1, 0.15) is 40.3 Å². The second-order valence-corrected chi connectivity index (χ2v) is 8.03. The molecule has 35 heavy (non-hydrogen) atoms. The number of anilines is 1. The Labute approximate surface area is 200 Å². The molecule has 1 unspecified atom stereocenters. The summed E-state index contributed by atoms with van der Waals surface area (Å²) in [5.74, 6) is -0.862. The van der Waals surface area contributed by atoms with E-state index in [0.717, 1.165) is 0 Å². The van der Waals surface area contributed by atoms with E-state index in [0.29, 0.717) is 28.6 Å². The van der Waals surface area contributed by atoms with Gasteiger partial charge in [-0.2, -0.15) is 5.10 Å². The van der Waals surface area contributed by atoms with Crippen molar-refractivity contribution >= 4 is 28.8 Å².